The van der Waals surface area contributed by atoms with Crippen LogP contribution in [0.5, 0.6) is 5.75 Å². The molecule has 1 N–H and O–H groups in total. The van der Waals surface area contributed by atoms with E-state index in [2.05, 4.69) is 5.32 Å². The molecule has 1 aromatic rings. The zero-order valence-electron chi connectivity index (χ0n) is 10.6. The Labute approximate surface area is 112 Å². The van der Waals surface area contributed by atoms with Crippen molar-refractivity contribution in [3.05, 3.63) is 28.8 Å². The Hall–Kier alpha value is -1.26. The van der Waals surface area contributed by atoms with Crippen molar-refractivity contribution in [2.75, 3.05) is 26.7 Å². The van der Waals surface area contributed by atoms with Gasteiger partial charge in [-0.05, 0) is 25.1 Å². The molecule has 1 amide bonds. The van der Waals surface area contributed by atoms with Gasteiger partial charge in [0.2, 0.25) is 0 Å². The van der Waals surface area contributed by atoms with Crippen LogP contribution in [0.4, 0.5) is 0 Å². The fraction of sp³-hybridized carbons (Fsp3) is 0.462. The molecular weight excluding hydrogens is 252 g/mol. The molecule has 1 aliphatic heterocycles. The van der Waals surface area contributed by atoms with Crippen LogP contribution in [0.1, 0.15) is 17.3 Å². The molecule has 4 nitrogen and oxygen atoms in total. The Morgan fingerprint density at radius 2 is 2.33 bits per heavy atom. The number of piperazine rings is 1. The van der Waals surface area contributed by atoms with Crippen molar-refractivity contribution >= 4 is 17.5 Å². The first-order valence-electron chi connectivity index (χ1n) is 5.98. The van der Waals surface area contributed by atoms with E-state index in [1.165, 1.54) is 0 Å². The Morgan fingerprint density at radius 3 is 2.94 bits per heavy atom. The third-order valence-corrected chi connectivity index (χ3v) is 3.46. The fourth-order valence-corrected chi connectivity index (χ4v) is 2.37. The summed E-state index contributed by atoms with van der Waals surface area (Å²) in [4.78, 5) is 14.2. The van der Waals surface area contributed by atoms with Crippen molar-refractivity contribution in [2.24, 2.45) is 0 Å². The molecule has 0 bridgehead atoms. The SMILES string of the molecule is COc1ccc(C(=O)N2CCNCC2C)cc1Cl. The summed E-state index contributed by atoms with van der Waals surface area (Å²) in [5.41, 5.74) is 0.606. The maximum Gasteiger partial charge on any atom is 0.254 e. The molecule has 1 unspecified atom stereocenters. The summed E-state index contributed by atoms with van der Waals surface area (Å²) in [6, 6.07) is 5.34. The zero-order valence-corrected chi connectivity index (χ0v) is 11.3. The summed E-state index contributed by atoms with van der Waals surface area (Å²) in [7, 11) is 1.56. The van der Waals surface area contributed by atoms with Crippen molar-refractivity contribution in [2.45, 2.75) is 13.0 Å². The number of nitrogens with one attached hydrogen (secondary N) is 1. The Balaban J connectivity index is 2.20. The topological polar surface area (TPSA) is 41.6 Å². The summed E-state index contributed by atoms with van der Waals surface area (Å²) < 4.78 is 5.08. The zero-order chi connectivity index (χ0) is 13.1. The summed E-state index contributed by atoms with van der Waals surface area (Å²) in [5.74, 6) is 0.607. The van der Waals surface area contributed by atoms with E-state index in [9.17, 15) is 4.79 Å². The number of rotatable bonds is 2. The highest BCUT2D eigenvalue weighted by atomic mass is 35.5. The van der Waals surface area contributed by atoms with E-state index in [0.29, 0.717) is 16.3 Å². The number of benzene rings is 1. The highest BCUT2D eigenvalue weighted by Gasteiger charge is 2.24. The van der Waals surface area contributed by atoms with Gasteiger partial charge in [0, 0.05) is 31.2 Å². The predicted octanol–water partition coefficient (Wildman–Crippen LogP) is 1.78. The molecule has 1 aromatic carbocycles. The lowest BCUT2D eigenvalue weighted by Crippen LogP contribution is -2.52. The first-order valence-corrected chi connectivity index (χ1v) is 6.36. The number of nitrogens with zero attached hydrogens (tertiary/aromatic N) is 1. The van der Waals surface area contributed by atoms with Gasteiger partial charge in [-0.1, -0.05) is 11.6 Å². The molecular formula is C13H17ClN2O2. The molecule has 1 heterocycles. The minimum absolute atomic E-state index is 0.0218. The second-order valence-corrected chi connectivity index (χ2v) is 4.81. The van der Waals surface area contributed by atoms with E-state index in [0.717, 1.165) is 19.6 Å². The molecule has 0 radical (unpaired) electrons. The van der Waals surface area contributed by atoms with Crippen LogP contribution in [-0.2, 0) is 0 Å². The highest BCUT2D eigenvalue weighted by molar-refractivity contribution is 6.32. The van der Waals surface area contributed by atoms with Gasteiger partial charge in [-0.3, -0.25) is 4.79 Å². The molecule has 18 heavy (non-hydrogen) atoms. The molecule has 1 aliphatic rings. The van der Waals surface area contributed by atoms with Gasteiger partial charge >= 0.3 is 0 Å². The fourth-order valence-electron chi connectivity index (χ4n) is 2.11. The highest BCUT2D eigenvalue weighted by Crippen LogP contribution is 2.25. The van der Waals surface area contributed by atoms with Gasteiger partial charge in [-0.25, -0.2) is 0 Å². The quantitative estimate of drug-likeness (QED) is 0.889. The van der Waals surface area contributed by atoms with Crippen LogP contribution in [0.15, 0.2) is 18.2 Å². The lowest BCUT2D eigenvalue weighted by molar-refractivity contribution is 0.0656. The molecule has 0 aromatic heterocycles. The Kier molecular flexibility index (Phi) is 4.09. The third-order valence-electron chi connectivity index (χ3n) is 3.16. The van der Waals surface area contributed by atoms with E-state index in [1.807, 2.05) is 11.8 Å². The normalized spacial score (nSPS) is 19.7. The summed E-state index contributed by atoms with van der Waals surface area (Å²) >= 11 is 6.04. The van der Waals surface area contributed by atoms with Crippen LogP contribution >= 0.6 is 11.6 Å². The van der Waals surface area contributed by atoms with Gasteiger partial charge in [0.15, 0.2) is 0 Å². The number of hydrogen-bond donors (Lipinski definition) is 1. The van der Waals surface area contributed by atoms with E-state index >= 15 is 0 Å². The maximum atomic E-state index is 12.4. The number of halogens is 1. The number of methoxy groups -OCH3 is 1. The van der Waals surface area contributed by atoms with Crippen LogP contribution < -0.4 is 10.1 Å². The maximum absolute atomic E-state index is 12.4. The van der Waals surface area contributed by atoms with Gasteiger partial charge in [-0.15, -0.1) is 0 Å². The van der Waals surface area contributed by atoms with Crippen molar-refractivity contribution in [3.63, 3.8) is 0 Å². The molecule has 1 atom stereocenters. The van der Waals surface area contributed by atoms with E-state index < -0.39 is 0 Å². The van der Waals surface area contributed by atoms with Crippen LogP contribution in [-0.4, -0.2) is 43.6 Å². The molecule has 1 fully saturated rings. The third kappa shape index (κ3) is 2.60. The van der Waals surface area contributed by atoms with Crippen LogP contribution in [0.3, 0.4) is 0 Å². The second-order valence-electron chi connectivity index (χ2n) is 4.40. The van der Waals surface area contributed by atoms with Gasteiger partial charge in [0.1, 0.15) is 5.75 Å². The molecule has 5 heteroatoms. The molecule has 1 saturated heterocycles. The van der Waals surface area contributed by atoms with Crippen LogP contribution in [0.2, 0.25) is 5.02 Å². The van der Waals surface area contributed by atoms with E-state index in [4.69, 9.17) is 16.3 Å². The molecule has 2 rings (SSSR count). The molecule has 0 aliphatic carbocycles. The van der Waals surface area contributed by atoms with Gasteiger partial charge in [0.05, 0.1) is 12.1 Å². The van der Waals surface area contributed by atoms with Gasteiger partial charge in [0.25, 0.3) is 5.91 Å². The van der Waals surface area contributed by atoms with Gasteiger partial charge in [-0.2, -0.15) is 0 Å². The van der Waals surface area contributed by atoms with Crippen molar-refractivity contribution in [1.29, 1.82) is 0 Å². The Bertz CT molecular complexity index is 451. The molecule has 0 spiro atoms. The number of ether oxygens (including phenoxy) is 1. The van der Waals surface area contributed by atoms with E-state index in [-0.39, 0.29) is 11.9 Å². The van der Waals surface area contributed by atoms with Crippen molar-refractivity contribution in [1.82, 2.24) is 10.2 Å². The summed E-state index contributed by atoms with van der Waals surface area (Å²) in [6.07, 6.45) is 0. The summed E-state index contributed by atoms with van der Waals surface area (Å²) in [6.45, 7) is 4.43. The molecule has 98 valence electrons. The predicted molar refractivity (Wildman–Crippen MR) is 71.4 cm³/mol. The largest absolute Gasteiger partial charge is 0.495 e. The number of carbonyl (C=O) groups is 1. The summed E-state index contributed by atoms with van der Waals surface area (Å²) in [5, 5.41) is 3.72. The molecule has 0 saturated carbocycles. The van der Waals surface area contributed by atoms with Crippen molar-refractivity contribution in [3.8, 4) is 5.75 Å². The smallest absolute Gasteiger partial charge is 0.254 e. The monoisotopic (exact) mass is 268 g/mol. The first-order chi connectivity index (χ1) is 8.63. The first kappa shape index (κ1) is 13.2. The second kappa shape index (κ2) is 5.59. The van der Waals surface area contributed by atoms with Crippen LogP contribution in [0, 0.1) is 0 Å². The average molecular weight is 269 g/mol. The number of carbonyl (C=O) groups excluding carboxylic acids is 1. The number of hydrogen-bond acceptors (Lipinski definition) is 3. The standard InChI is InChI=1S/C13H17ClN2O2/c1-9-8-15-5-6-16(9)13(17)10-3-4-12(18-2)11(14)7-10/h3-4,7,9,15H,5-6,8H2,1-2H3. The van der Waals surface area contributed by atoms with Crippen LogP contribution in [0.25, 0.3) is 0 Å². The lowest BCUT2D eigenvalue weighted by atomic mass is 10.1. The number of amides is 1. The minimum atomic E-state index is 0.0218. The lowest BCUT2D eigenvalue weighted by Gasteiger charge is -2.34. The van der Waals surface area contributed by atoms with E-state index in [1.54, 1.807) is 25.3 Å². The Morgan fingerprint density at radius 1 is 1.56 bits per heavy atom. The minimum Gasteiger partial charge on any atom is -0.495 e. The van der Waals surface area contributed by atoms with Gasteiger partial charge < -0.3 is 15.0 Å². The van der Waals surface area contributed by atoms with Crippen molar-refractivity contribution < 1.29 is 9.53 Å². The average Bonchev–Trinajstić information content (AvgIpc) is 2.38.